The minimum atomic E-state index is -0.352. The molecule has 1 fully saturated rings. The van der Waals surface area contributed by atoms with E-state index in [0.717, 1.165) is 12.8 Å². The summed E-state index contributed by atoms with van der Waals surface area (Å²) in [7, 11) is 0. The zero-order valence-electron chi connectivity index (χ0n) is 13.7. The van der Waals surface area contributed by atoms with Crippen LogP contribution in [-0.4, -0.2) is 32.9 Å². The van der Waals surface area contributed by atoms with Gasteiger partial charge in [-0.1, -0.05) is 12.1 Å². The minimum absolute atomic E-state index is 0.0405. The molecule has 0 spiro atoms. The van der Waals surface area contributed by atoms with Gasteiger partial charge >= 0.3 is 0 Å². The molecule has 7 nitrogen and oxygen atoms in total. The Hall–Kier alpha value is -3.16. The minimum Gasteiger partial charge on any atom is -0.491 e. The van der Waals surface area contributed by atoms with E-state index in [-0.39, 0.29) is 23.6 Å². The van der Waals surface area contributed by atoms with Gasteiger partial charge in [0.25, 0.3) is 5.88 Å². The van der Waals surface area contributed by atoms with E-state index in [1.165, 1.54) is 24.5 Å². The maximum absolute atomic E-state index is 13.5. The molecular weight excluding hydrogens is 341 g/mol. The summed E-state index contributed by atoms with van der Waals surface area (Å²) >= 11 is 0. The van der Waals surface area contributed by atoms with Gasteiger partial charge in [0, 0.05) is 0 Å². The summed E-state index contributed by atoms with van der Waals surface area (Å²) in [6.07, 6.45) is 4.66. The Balaban J connectivity index is 1.24. The van der Waals surface area contributed by atoms with Crippen molar-refractivity contribution >= 4 is 0 Å². The molecule has 0 unspecified atom stereocenters. The Morgan fingerprint density at radius 1 is 1.19 bits per heavy atom. The molecule has 1 saturated carbocycles. The molecule has 134 valence electrons. The van der Waals surface area contributed by atoms with E-state index < -0.39 is 0 Å². The molecule has 3 aromatic rings. The van der Waals surface area contributed by atoms with Crippen LogP contribution in [-0.2, 0) is 0 Å². The molecule has 26 heavy (non-hydrogen) atoms. The number of ether oxygens (including phenoxy) is 2. The van der Waals surface area contributed by atoms with Crippen molar-refractivity contribution < 1.29 is 23.5 Å². The van der Waals surface area contributed by atoms with E-state index in [4.69, 9.17) is 14.0 Å². The van der Waals surface area contributed by atoms with Crippen molar-refractivity contribution in [2.45, 2.75) is 18.9 Å². The second-order valence-corrected chi connectivity index (χ2v) is 6.11. The fourth-order valence-corrected chi connectivity index (χ4v) is 2.74. The molecule has 4 rings (SSSR count). The summed E-state index contributed by atoms with van der Waals surface area (Å²) in [5.74, 6) is 0.780. The number of para-hydroxylation sites is 1. The van der Waals surface area contributed by atoms with Gasteiger partial charge < -0.3 is 19.1 Å². The molecule has 0 aliphatic heterocycles. The topological polar surface area (TPSA) is 90.5 Å². The van der Waals surface area contributed by atoms with Crippen molar-refractivity contribution in [1.29, 1.82) is 0 Å². The van der Waals surface area contributed by atoms with Crippen LogP contribution in [0.4, 0.5) is 4.39 Å². The van der Waals surface area contributed by atoms with E-state index in [2.05, 4.69) is 15.1 Å². The van der Waals surface area contributed by atoms with Crippen LogP contribution < -0.4 is 9.47 Å². The first-order valence-electron chi connectivity index (χ1n) is 8.19. The Labute approximate surface area is 148 Å². The lowest BCUT2D eigenvalue weighted by Crippen LogP contribution is -2.37. The zero-order valence-corrected chi connectivity index (χ0v) is 13.7. The van der Waals surface area contributed by atoms with Crippen LogP contribution in [0.25, 0.3) is 11.5 Å². The predicted molar refractivity (Wildman–Crippen MR) is 88.2 cm³/mol. The standard InChI is InChI=1S/C18H16FN3O4/c19-13-3-1-2-4-15(13)24-10-11-5-12(6-11)25-18-9-20-14(8-21-18)16-7-17(23)22-26-16/h1-4,7-9,11-12H,5-6,10H2,(H,22,23)/t11-,12+. The fraction of sp³-hybridized carbons (Fsp3) is 0.278. The third-order valence-electron chi connectivity index (χ3n) is 4.17. The predicted octanol–water partition coefficient (Wildman–Crippen LogP) is 3.21. The lowest BCUT2D eigenvalue weighted by Gasteiger charge is -2.34. The third kappa shape index (κ3) is 3.58. The fourth-order valence-electron chi connectivity index (χ4n) is 2.74. The van der Waals surface area contributed by atoms with Gasteiger partial charge in [-0.25, -0.2) is 14.4 Å². The van der Waals surface area contributed by atoms with Crippen LogP contribution in [0.5, 0.6) is 17.5 Å². The number of benzene rings is 1. The van der Waals surface area contributed by atoms with Gasteiger partial charge in [0.1, 0.15) is 11.8 Å². The van der Waals surface area contributed by atoms with Gasteiger partial charge in [-0.05, 0) is 36.0 Å². The maximum Gasteiger partial charge on any atom is 0.252 e. The number of nitrogens with zero attached hydrogens (tertiary/aromatic N) is 3. The number of hydrogen-bond acceptors (Lipinski definition) is 7. The van der Waals surface area contributed by atoms with E-state index >= 15 is 0 Å². The number of aromatic hydroxyl groups is 1. The summed E-state index contributed by atoms with van der Waals surface area (Å²) in [6, 6.07) is 7.73. The van der Waals surface area contributed by atoms with Crippen LogP contribution in [0, 0.1) is 11.7 Å². The van der Waals surface area contributed by atoms with Crippen molar-refractivity contribution in [1.82, 2.24) is 15.1 Å². The van der Waals surface area contributed by atoms with Gasteiger partial charge in [0.2, 0.25) is 5.88 Å². The number of halogens is 1. The summed E-state index contributed by atoms with van der Waals surface area (Å²) in [5, 5.41) is 12.6. The van der Waals surface area contributed by atoms with Crippen LogP contribution >= 0.6 is 0 Å². The number of aromatic nitrogens is 3. The highest BCUT2D eigenvalue weighted by molar-refractivity contribution is 5.51. The Kier molecular flexibility index (Phi) is 4.39. The highest BCUT2D eigenvalue weighted by Gasteiger charge is 2.32. The lowest BCUT2D eigenvalue weighted by atomic mass is 9.83. The van der Waals surface area contributed by atoms with E-state index in [0.29, 0.717) is 29.9 Å². The Morgan fingerprint density at radius 3 is 2.73 bits per heavy atom. The van der Waals surface area contributed by atoms with Crippen molar-refractivity contribution in [3.63, 3.8) is 0 Å². The normalized spacial score (nSPS) is 19.0. The lowest BCUT2D eigenvalue weighted by molar-refractivity contribution is 0.0345. The quantitative estimate of drug-likeness (QED) is 0.724. The summed E-state index contributed by atoms with van der Waals surface area (Å²) in [5.41, 5.74) is 0.454. The molecule has 0 radical (unpaired) electrons. The molecule has 1 aliphatic rings. The molecule has 0 saturated heterocycles. The molecule has 8 heteroatoms. The average Bonchev–Trinajstić information content (AvgIpc) is 3.05. The molecule has 1 aromatic carbocycles. The van der Waals surface area contributed by atoms with Gasteiger partial charge in [-0.15, -0.1) is 0 Å². The first-order chi connectivity index (χ1) is 12.7. The summed E-state index contributed by atoms with van der Waals surface area (Å²) in [4.78, 5) is 8.36. The average molecular weight is 357 g/mol. The molecule has 0 bridgehead atoms. The molecule has 0 atom stereocenters. The monoisotopic (exact) mass is 357 g/mol. The van der Waals surface area contributed by atoms with Gasteiger partial charge in [0.15, 0.2) is 17.3 Å². The van der Waals surface area contributed by atoms with E-state index in [1.54, 1.807) is 18.2 Å². The maximum atomic E-state index is 13.5. The van der Waals surface area contributed by atoms with Gasteiger partial charge in [-0.3, -0.25) is 0 Å². The van der Waals surface area contributed by atoms with E-state index in [9.17, 15) is 9.50 Å². The summed E-state index contributed by atoms with van der Waals surface area (Å²) in [6.45, 7) is 0.459. The SMILES string of the molecule is Oc1cc(-c2cnc(O[C@H]3C[C@@H](COc4ccccc4F)C3)cn2)on1. The first-order valence-corrected chi connectivity index (χ1v) is 8.19. The molecule has 1 N–H and O–H groups in total. The van der Waals surface area contributed by atoms with Crippen molar-refractivity contribution in [3.8, 4) is 29.0 Å². The van der Waals surface area contributed by atoms with Crippen LogP contribution in [0.1, 0.15) is 12.8 Å². The highest BCUT2D eigenvalue weighted by Crippen LogP contribution is 2.32. The highest BCUT2D eigenvalue weighted by atomic mass is 19.1. The van der Waals surface area contributed by atoms with Crippen LogP contribution in [0.3, 0.4) is 0 Å². The zero-order chi connectivity index (χ0) is 17.9. The molecule has 1 aliphatic carbocycles. The van der Waals surface area contributed by atoms with Crippen LogP contribution in [0.2, 0.25) is 0 Å². The second-order valence-electron chi connectivity index (χ2n) is 6.11. The van der Waals surface area contributed by atoms with Crippen molar-refractivity contribution in [2.75, 3.05) is 6.61 Å². The smallest absolute Gasteiger partial charge is 0.252 e. The van der Waals surface area contributed by atoms with Gasteiger partial charge in [-0.2, -0.15) is 0 Å². The van der Waals surface area contributed by atoms with E-state index in [1.807, 2.05) is 0 Å². The molecule has 2 aromatic heterocycles. The first kappa shape index (κ1) is 16.3. The van der Waals surface area contributed by atoms with Gasteiger partial charge in [0.05, 0.1) is 25.1 Å². The number of hydrogen-bond donors (Lipinski definition) is 1. The molecule has 2 heterocycles. The Morgan fingerprint density at radius 2 is 2.04 bits per heavy atom. The number of rotatable bonds is 6. The third-order valence-corrected chi connectivity index (χ3v) is 4.17. The molecule has 0 amide bonds. The second kappa shape index (κ2) is 6.99. The van der Waals surface area contributed by atoms with Crippen molar-refractivity contribution in [2.24, 2.45) is 5.92 Å². The Bertz CT molecular complexity index is 878. The van der Waals surface area contributed by atoms with Crippen LogP contribution in [0.15, 0.2) is 47.2 Å². The largest absolute Gasteiger partial charge is 0.491 e. The van der Waals surface area contributed by atoms with Crippen molar-refractivity contribution in [3.05, 3.63) is 48.5 Å². The molecular formula is C18H16FN3O4. The summed E-state index contributed by atoms with van der Waals surface area (Å²) < 4.78 is 29.7.